The van der Waals surface area contributed by atoms with Crippen LogP contribution < -0.4 is 4.74 Å². The maximum absolute atomic E-state index is 10.9. The molecule has 1 spiro atoms. The minimum Gasteiger partial charge on any atom is -0.504 e. The highest BCUT2D eigenvalue weighted by Gasteiger charge is 2.49. The topological polar surface area (TPSA) is 52.9 Å². The van der Waals surface area contributed by atoms with Gasteiger partial charge in [-0.15, -0.1) is 0 Å². The second-order valence-electron chi connectivity index (χ2n) is 6.83. The first-order chi connectivity index (χ1) is 11.4. The smallest absolute Gasteiger partial charge is 0.162 e. The summed E-state index contributed by atoms with van der Waals surface area (Å²) in [5.41, 5.74) is 2.92. The molecule has 0 saturated carbocycles. The van der Waals surface area contributed by atoms with Gasteiger partial charge in [0.1, 0.15) is 6.10 Å². The van der Waals surface area contributed by atoms with Gasteiger partial charge in [0, 0.05) is 32.5 Å². The third-order valence-electron chi connectivity index (χ3n) is 5.52. The van der Waals surface area contributed by atoms with Crippen LogP contribution in [0.5, 0.6) is 11.5 Å². The molecular weight excluding hydrogens is 438 g/mol. The molecule has 4 nitrogen and oxygen atoms in total. The van der Waals surface area contributed by atoms with E-state index in [-0.39, 0.29) is 11.8 Å². The first-order valence-corrected chi connectivity index (χ1v) is 9.54. The Morgan fingerprint density at radius 2 is 1.96 bits per heavy atom. The number of hydrogen-bond donors (Lipinski definition) is 2. The van der Waals surface area contributed by atoms with Gasteiger partial charge in [0.15, 0.2) is 11.5 Å². The van der Waals surface area contributed by atoms with Crippen molar-refractivity contribution in [3.8, 4) is 11.5 Å². The monoisotopic (exact) mass is 455 g/mol. The zero-order chi connectivity index (χ0) is 17.2. The Balaban J connectivity index is 2.02. The highest BCUT2D eigenvalue weighted by molar-refractivity contribution is 9.12. The molecule has 24 heavy (non-hydrogen) atoms. The largest absolute Gasteiger partial charge is 0.504 e. The Morgan fingerprint density at radius 1 is 1.29 bits per heavy atom. The predicted octanol–water partition coefficient (Wildman–Crippen LogP) is 3.50. The van der Waals surface area contributed by atoms with Gasteiger partial charge in [-0.1, -0.05) is 44.0 Å². The SMILES string of the molecule is COc1cc2c3c(c1O)C1(C=C(Br)C(O)C(Br)=C1)C[C@@H]3N(C)CC2. The van der Waals surface area contributed by atoms with Crippen LogP contribution in [-0.4, -0.2) is 41.9 Å². The highest BCUT2D eigenvalue weighted by Crippen LogP contribution is 2.59. The number of methoxy groups -OCH3 is 1. The van der Waals surface area contributed by atoms with Crippen molar-refractivity contribution in [3.63, 3.8) is 0 Å². The quantitative estimate of drug-likeness (QED) is 0.679. The highest BCUT2D eigenvalue weighted by atomic mass is 79.9. The number of allylic oxidation sites excluding steroid dienone is 2. The molecule has 1 aromatic carbocycles. The summed E-state index contributed by atoms with van der Waals surface area (Å²) in [6.07, 6.45) is 5.16. The van der Waals surface area contributed by atoms with Crippen molar-refractivity contribution in [2.24, 2.45) is 0 Å². The van der Waals surface area contributed by atoms with Crippen LogP contribution in [0.1, 0.15) is 29.2 Å². The Labute approximate surface area is 158 Å². The summed E-state index contributed by atoms with van der Waals surface area (Å²) in [5.74, 6) is 0.729. The zero-order valence-corrected chi connectivity index (χ0v) is 16.7. The summed E-state index contributed by atoms with van der Waals surface area (Å²) < 4.78 is 6.86. The van der Waals surface area contributed by atoms with E-state index in [9.17, 15) is 10.2 Å². The lowest BCUT2D eigenvalue weighted by Gasteiger charge is -2.32. The molecule has 128 valence electrons. The molecule has 2 aliphatic carbocycles. The van der Waals surface area contributed by atoms with Crippen LogP contribution in [0.3, 0.4) is 0 Å². The lowest BCUT2D eigenvalue weighted by Crippen LogP contribution is -2.31. The molecule has 0 radical (unpaired) electrons. The van der Waals surface area contributed by atoms with E-state index >= 15 is 0 Å². The predicted molar refractivity (Wildman–Crippen MR) is 100 cm³/mol. The maximum Gasteiger partial charge on any atom is 0.162 e. The van der Waals surface area contributed by atoms with E-state index in [0.717, 1.165) is 24.9 Å². The first-order valence-electron chi connectivity index (χ1n) is 7.96. The molecule has 6 heteroatoms. The zero-order valence-electron chi connectivity index (χ0n) is 13.5. The molecule has 3 aliphatic rings. The minimum atomic E-state index is -0.687. The molecule has 1 atom stereocenters. The molecule has 1 aromatic rings. The number of halogens is 2. The van der Waals surface area contributed by atoms with E-state index in [2.05, 4.69) is 43.8 Å². The summed E-state index contributed by atoms with van der Waals surface area (Å²) in [4.78, 5) is 2.35. The number of aromatic hydroxyl groups is 1. The van der Waals surface area contributed by atoms with E-state index in [1.54, 1.807) is 7.11 Å². The van der Waals surface area contributed by atoms with Crippen LogP contribution in [0, 0.1) is 0 Å². The van der Waals surface area contributed by atoms with Crippen molar-refractivity contribution in [1.82, 2.24) is 4.90 Å². The van der Waals surface area contributed by atoms with Crippen molar-refractivity contribution >= 4 is 31.9 Å². The number of nitrogens with zero attached hydrogens (tertiary/aromatic N) is 1. The van der Waals surface area contributed by atoms with E-state index < -0.39 is 11.5 Å². The first kappa shape index (κ1) is 16.6. The second-order valence-corrected chi connectivity index (χ2v) is 8.66. The average molecular weight is 457 g/mol. The Kier molecular flexibility index (Phi) is 3.88. The number of likely N-dealkylation sites (N-methyl/N-ethyl adjacent to an activating group) is 1. The molecule has 0 unspecified atom stereocenters. The standard InChI is InChI=1S/C18H19Br2NO3/c1-21-4-3-9-5-13(24-2)17(23)15-14(9)12(21)8-18(15)6-10(19)16(22)11(20)7-18/h5-7,12,16,22-23H,3-4,8H2,1-2H3/t12-,16?,18?/m0/s1. The van der Waals surface area contributed by atoms with Crippen molar-refractivity contribution in [1.29, 1.82) is 0 Å². The molecule has 1 aliphatic heterocycles. The summed E-state index contributed by atoms with van der Waals surface area (Å²) in [7, 11) is 3.72. The van der Waals surface area contributed by atoms with Crippen LogP contribution in [0.4, 0.5) is 0 Å². The van der Waals surface area contributed by atoms with Crippen molar-refractivity contribution in [2.45, 2.75) is 30.4 Å². The number of benzene rings is 1. The number of ether oxygens (including phenoxy) is 1. The van der Waals surface area contributed by atoms with E-state index in [0.29, 0.717) is 14.7 Å². The fourth-order valence-electron chi connectivity index (χ4n) is 4.37. The number of rotatable bonds is 1. The van der Waals surface area contributed by atoms with Crippen molar-refractivity contribution in [2.75, 3.05) is 20.7 Å². The van der Waals surface area contributed by atoms with Crippen molar-refractivity contribution < 1.29 is 14.9 Å². The van der Waals surface area contributed by atoms with E-state index in [1.165, 1.54) is 11.1 Å². The van der Waals surface area contributed by atoms with Gasteiger partial charge < -0.3 is 14.9 Å². The van der Waals surface area contributed by atoms with Gasteiger partial charge in [-0.3, -0.25) is 4.90 Å². The molecule has 0 amide bonds. The number of phenols is 1. The fraction of sp³-hybridized carbons (Fsp3) is 0.444. The normalized spacial score (nSPS) is 31.7. The molecule has 4 rings (SSSR count). The molecule has 2 N–H and O–H groups in total. The maximum atomic E-state index is 10.9. The number of fused-ring (bicyclic) bond motifs is 1. The summed E-state index contributed by atoms with van der Waals surface area (Å²) in [5, 5.41) is 21.1. The van der Waals surface area contributed by atoms with Gasteiger partial charge in [0.25, 0.3) is 0 Å². The molecular formula is C18H19Br2NO3. The Morgan fingerprint density at radius 3 is 2.58 bits per heavy atom. The Hall–Kier alpha value is -0.820. The van der Waals surface area contributed by atoms with Gasteiger partial charge in [-0.05, 0) is 37.1 Å². The van der Waals surface area contributed by atoms with Gasteiger partial charge in [-0.25, -0.2) is 0 Å². The molecule has 1 heterocycles. The molecule has 0 aromatic heterocycles. The number of phenolic OH excluding ortho intramolecular Hbond substituents is 1. The van der Waals surface area contributed by atoms with Crippen LogP contribution in [0.25, 0.3) is 0 Å². The molecule has 0 bridgehead atoms. The van der Waals surface area contributed by atoms with Crippen LogP contribution >= 0.6 is 31.9 Å². The minimum absolute atomic E-state index is 0.207. The Bertz CT molecular complexity index is 767. The molecule has 0 fully saturated rings. The van der Waals surface area contributed by atoms with Crippen LogP contribution in [-0.2, 0) is 11.8 Å². The average Bonchev–Trinajstić information content (AvgIpc) is 2.87. The number of aliphatic hydroxyl groups is 1. The second kappa shape index (κ2) is 5.59. The van der Waals surface area contributed by atoms with Crippen molar-refractivity contribution in [3.05, 3.63) is 43.9 Å². The van der Waals surface area contributed by atoms with E-state index in [1.807, 2.05) is 18.2 Å². The third kappa shape index (κ3) is 2.16. The van der Waals surface area contributed by atoms with Gasteiger partial charge >= 0.3 is 0 Å². The van der Waals surface area contributed by atoms with Crippen LogP contribution in [0.2, 0.25) is 0 Å². The molecule has 0 saturated heterocycles. The summed E-state index contributed by atoms with van der Waals surface area (Å²) in [6, 6.07) is 2.23. The number of aliphatic hydroxyl groups excluding tert-OH is 1. The van der Waals surface area contributed by atoms with Gasteiger partial charge in [0.05, 0.1) is 7.11 Å². The third-order valence-corrected chi connectivity index (χ3v) is 6.84. The van der Waals surface area contributed by atoms with Gasteiger partial charge in [0.2, 0.25) is 0 Å². The van der Waals surface area contributed by atoms with E-state index in [4.69, 9.17) is 4.74 Å². The lowest BCUT2D eigenvalue weighted by molar-refractivity contribution is 0.219. The number of hydrogen-bond acceptors (Lipinski definition) is 4. The van der Waals surface area contributed by atoms with Gasteiger partial charge in [-0.2, -0.15) is 0 Å². The fourth-order valence-corrected chi connectivity index (χ4v) is 5.99. The summed E-state index contributed by atoms with van der Waals surface area (Å²) >= 11 is 6.99. The van der Waals surface area contributed by atoms with Crippen LogP contribution in [0.15, 0.2) is 27.2 Å². The summed E-state index contributed by atoms with van der Waals surface area (Å²) in [6.45, 7) is 0.986. The lowest BCUT2D eigenvalue weighted by atomic mass is 9.77.